The highest BCUT2D eigenvalue weighted by molar-refractivity contribution is 6.33. The van der Waals surface area contributed by atoms with E-state index in [2.05, 4.69) is 10.2 Å². The fourth-order valence-corrected chi connectivity index (χ4v) is 3.28. The highest BCUT2D eigenvalue weighted by atomic mass is 35.5. The minimum atomic E-state index is -0.319. The third kappa shape index (κ3) is 5.64. The van der Waals surface area contributed by atoms with Crippen molar-refractivity contribution in [2.24, 2.45) is 0 Å². The van der Waals surface area contributed by atoms with E-state index >= 15 is 0 Å². The Kier molecular flexibility index (Phi) is 7.54. The molecule has 30 heavy (non-hydrogen) atoms. The number of hydrogen-bond donors (Lipinski definition) is 0. The molecule has 0 saturated carbocycles. The standard InChI is InChI=1S/C22H24ClFN4O2/c1-3-12-28(15-21(29)27(2)13-16-8-4-7-11-19(16)24)14-20-25-26-22(30-20)17-9-5-6-10-18(17)23/h4-11H,3,12-15H2,1-2H3. The predicted molar refractivity (Wildman–Crippen MR) is 113 cm³/mol. The first-order valence-electron chi connectivity index (χ1n) is 9.75. The van der Waals surface area contributed by atoms with Crippen LogP contribution < -0.4 is 0 Å². The number of benzene rings is 2. The van der Waals surface area contributed by atoms with E-state index in [1.54, 1.807) is 31.3 Å². The molecule has 8 heteroatoms. The van der Waals surface area contributed by atoms with Crippen LogP contribution in [-0.4, -0.2) is 46.0 Å². The van der Waals surface area contributed by atoms with E-state index in [4.69, 9.17) is 16.0 Å². The predicted octanol–water partition coefficient (Wildman–Crippen LogP) is 4.40. The smallest absolute Gasteiger partial charge is 0.249 e. The van der Waals surface area contributed by atoms with E-state index in [0.29, 0.717) is 41.0 Å². The number of nitrogens with zero attached hydrogens (tertiary/aromatic N) is 4. The lowest BCUT2D eigenvalue weighted by Gasteiger charge is -2.23. The van der Waals surface area contributed by atoms with Gasteiger partial charge in [0.25, 0.3) is 0 Å². The van der Waals surface area contributed by atoms with Crippen molar-refractivity contribution in [3.05, 3.63) is 70.8 Å². The summed E-state index contributed by atoms with van der Waals surface area (Å²) in [6.07, 6.45) is 0.857. The molecule has 2 aromatic carbocycles. The van der Waals surface area contributed by atoms with E-state index in [1.807, 2.05) is 30.0 Å². The summed E-state index contributed by atoms with van der Waals surface area (Å²) in [7, 11) is 1.67. The molecule has 3 aromatic rings. The Balaban J connectivity index is 1.64. The normalized spacial score (nSPS) is 11.1. The molecule has 0 N–H and O–H groups in total. The molecule has 158 valence electrons. The number of rotatable bonds is 9. The van der Waals surface area contributed by atoms with Gasteiger partial charge in [0.2, 0.25) is 17.7 Å². The topological polar surface area (TPSA) is 62.5 Å². The van der Waals surface area contributed by atoms with Gasteiger partial charge in [0.15, 0.2) is 0 Å². The Labute approximate surface area is 180 Å². The van der Waals surface area contributed by atoms with Crippen molar-refractivity contribution >= 4 is 17.5 Å². The molecule has 0 aliphatic carbocycles. The molecule has 0 aliphatic rings. The van der Waals surface area contributed by atoms with Gasteiger partial charge in [-0.15, -0.1) is 10.2 Å². The number of hydrogen-bond acceptors (Lipinski definition) is 5. The van der Waals surface area contributed by atoms with Crippen molar-refractivity contribution in [2.75, 3.05) is 20.1 Å². The Bertz CT molecular complexity index is 995. The first kappa shape index (κ1) is 21.9. The van der Waals surface area contributed by atoms with Crippen LogP contribution in [0, 0.1) is 5.82 Å². The SMILES string of the molecule is CCCN(CC(=O)N(C)Cc1ccccc1F)Cc1nnc(-c2ccccc2Cl)o1. The zero-order valence-corrected chi connectivity index (χ0v) is 17.8. The van der Waals surface area contributed by atoms with E-state index in [-0.39, 0.29) is 24.8 Å². The van der Waals surface area contributed by atoms with Crippen LogP contribution >= 0.6 is 11.6 Å². The second kappa shape index (κ2) is 10.3. The van der Waals surface area contributed by atoms with Crippen LogP contribution in [0.2, 0.25) is 5.02 Å². The summed E-state index contributed by atoms with van der Waals surface area (Å²) in [5.41, 5.74) is 1.15. The monoisotopic (exact) mass is 430 g/mol. The molecule has 0 atom stereocenters. The van der Waals surface area contributed by atoms with Gasteiger partial charge in [-0.2, -0.15) is 0 Å². The van der Waals surface area contributed by atoms with Crippen molar-refractivity contribution in [3.8, 4) is 11.5 Å². The van der Waals surface area contributed by atoms with Crippen molar-refractivity contribution in [1.82, 2.24) is 20.0 Å². The molecule has 6 nitrogen and oxygen atoms in total. The average molecular weight is 431 g/mol. The number of aromatic nitrogens is 2. The number of likely N-dealkylation sites (N-methyl/N-ethyl adjacent to an activating group) is 1. The van der Waals surface area contributed by atoms with Gasteiger partial charge >= 0.3 is 0 Å². The summed E-state index contributed by atoms with van der Waals surface area (Å²) in [6, 6.07) is 13.7. The summed E-state index contributed by atoms with van der Waals surface area (Å²) in [5, 5.41) is 8.70. The van der Waals surface area contributed by atoms with Gasteiger partial charge in [0.05, 0.1) is 23.7 Å². The zero-order chi connectivity index (χ0) is 21.5. The molecule has 0 bridgehead atoms. The fourth-order valence-electron chi connectivity index (χ4n) is 3.06. The highest BCUT2D eigenvalue weighted by Gasteiger charge is 2.19. The molecule has 1 aromatic heterocycles. The summed E-state index contributed by atoms with van der Waals surface area (Å²) >= 11 is 6.19. The molecule has 0 radical (unpaired) electrons. The Hall–Kier alpha value is -2.77. The first-order chi connectivity index (χ1) is 14.5. The third-order valence-corrected chi connectivity index (χ3v) is 4.95. The number of carbonyl (C=O) groups excluding carboxylic acids is 1. The third-order valence-electron chi connectivity index (χ3n) is 4.62. The summed E-state index contributed by atoms with van der Waals surface area (Å²) < 4.78 is 19.6. The zero-order valence-electron chi connectivity index (χ0n) is 17.0. The van der Waals surface area contributed by atoms with Crippen LogP contribution in [0.1, 0.15) is 24.8 Å². The molecular weight excluding hydrogens is 407 g/mol. The van der Waals surface area contributed by atoms with Crippen LogP contribution in [0.15, 0.2) is 52.9 Å². The molecular formula is C22H24ClFN4O2. The minimum Gasteiger partial charge on any atom is -0.419 e. The lowest BCUT2D eigenvalue weighted by atomic mass is 10.2. The summed E-state index contributed by atoms with van der Waals surface area (Å²) in [4.78, 5) is 16.1. The second-order valence-electron chi connectivity index (χ2n) is 7.03. The number of carbonyl (C=O) groups is 1. The maximum atomic E-state index is 13.9. The van der Waals surface area contributed by atoms with Crippen LogP contribution in [0.25, 0.3) is 11.5 Å². The minimum absolute atomic E-state index is 0.113. The van der Waals surface area contributed by atoms with E-state index in [1.165, 1.54) is 11.0 Å². The van der Waals surface area contributed by atoms with Gasteiger partial charge in [-0.3, -0.25) is 9.69 Å². The maximum Gasteiger partial charge on any atom is 0.249 e. The van der Waals surface area contributed by atoms with Crippen molar-refractivity contribution in [3.63, 3.8) is 0 Å². The molecule has 0 unspecified atom stereocenters. The van der Waals surface area contributed by atoms with Crippen molar-refractivity contribution in [2.45, 2.75) is 26.4 Å². The number of amides is 1. The van der Waals surface area contributed by atoms with Gasteiger partial charge in [-0.25, -0.2) is 4.39 Å². The average Bonchev–Trinajstić information content (AvgIpc) is 3.18. The Morgan fingerprint density at radius 2 is 1.83 bits per heavy atom. The van der Waals surface area contributed by atoms with Crippen LogP contribution in [0.5, 0.6) is 0 Å². The van der Waals surface area contributed by atoms with Gasteiger partial charge in [-0.1, -0.05) is 48.9 Å². The molecule has 1 heterocycles. The Morgan fingerprint density at radius 3 is 2.57 bits per heavy atom. The molecule has 0 saturated heterocycles. The second-order valence-corrected chi connectivity index (χ2v) is 7.44. The lowest BCUT2D eigenvalue weighted by molar-refractivity contribution is -0.131. The summed E-state index contributed by atoms with van der Waals surface area (Å²) in [5.74, 6) is 0.316. The van der Waals surface area contributed by atoms with E-state index < -0.39 is 0 Å². The van der Waals surface area contributed by atoms with Gasteiger partial charge < -0.3 is 9.32 Å². The van der Waals surface area contributed by atoms with Crippen LogP contribution in [0.4, 0.5) is 4.39 Å². The van der Waals surface area contributed by atoms with Crippen LogP contribution in [0.3, 0.4) is 0 Å². The largest absolute Gasteiger partial charge is 0.419 e. The van der Waals surface area contributed by atoms with Gasteiger partial charge in [-0.05, 0) is 31.2 Å². The molecule has 3 rings (SSSR count). The first-order valence-corrected chi connectivity index (χ1v) is 10.1. The summed E-state index contributed by atoms with van der Waals surface area (Å²) in [6.45, 7) is 3.43. The molecule has 0 aliphatic heterocycles. The maximum absolute atomic E-state index is 13.9. The fraction of sp³-hybridized carbons (Fsp3) is 0.318. The molecule has 1 amide bonds. The van der Waals surface area contributed by atoms with Gasteiger partial charge in [0.1, 0.15) is 5.82 Å². The van der Waals surface area contributed by atoms with E-state index in [9.17, 15) is 9.18 Å². The molecule has 0 fully saturated rings. The van der Waals surface area contributed by atoms with Crippen molar-refractivity contribution < 1.29 is 13.6 Å². The Morgan fingerprint density at radius 1 is 1.10 bits per heavy atom. The van der Waals surface area contributed by atoms with Crippen molar-refractivity contribution in [1.29, 1.82) is 0 Å². The van der Waals surface area contributed by atoms with E-state index in [0.717, 1.165) is 6.42 Å². The lowest BCUT2D eigenvalue weighted by Crippen LogP contribution is -2.38. The van der Waals surface area contributed by atoms with Gasteiger partial charge in [0, 0.05) is 19.2 Å². The highest BCUT2D eigenvalue weighted by Crippen LogP contribution is 2.26. The van der Waals surface area contributed by atoms with Crippen LogP contribution in [-0.2, 0) is 17.9 Å². The number of halogens is 2. The molecule has 0 spiro atoms. The quantitative estimate of drug-likeness (QED) is 0.503.